The molecule has 1 amide bonds. The number of halogens is 2. The summed E-state index contributed by atoms with van der Waals surface area (Å²) in [5.41, 5.74) is 0.164. The van der Waals surface area contributed by atoms with Crippen LogP contribution >= 0.6 is 57.6 Å². The molecular weight excluding hydrogens is 475 g/mol. The minimum Gasteiger partial charge on any atom is -0.296 e. The van der Waals surface area contributed by atoms with Crippen LogP contribution < -0.4 is 10.0 Å². The van der Waals surface area contributed by atoms with E-state index in [-0.39, 0.29) is 25.2 Å². The molecule has 27 heavy (non-hydrogen) atoms. The topological polar surface area (TPSA) is 127 Å². The van der Waals surface area contributed by atoms with Crippen molar-refractivity contribution in [2.75, 3.05) is 16.3 Å². The molecule has 0 fully saturated rings. The van der Waals surface area contributed by atoms with E-state index in [0.717, 1.165) is 11.3 Å². The summed E-state index contributed by atoms with van der Waals surface area (Å²) in [7, 11) is -4.00. The van der Waals surface area contributed by atoms with Gasteiger partial charge in [0.25, 0.3) is 20.3 Å². The Hall–Kier alpha value is -1.51. The van der Waals surface area contributed by atoms with E-state index in [1.807, 2.05) is 0 Å². The van der Waals surface area contributed by atoms with Crippen molar-refractivity contribution in [3.05, 3.63) is 33.8 Å². The molecular formula is C12H8Cl2N6O3S4. The molecule has 1 aromatic carbocycles. The lowest BCUT2D eigenvalue weighted by molar-refractivity contribution is 0.102. The van der Waals surface area contributed by atoms with Crippen LogP contribution in [0.4, 0.5) is 10.3 Å². The lowest BCUT2D eigenvalue weighted by Crippen LogP contribution is -2.12. The summed E-state index contributed by atoms with van der Waals surface area (Å²) in [5, 5.41) is 17.9. The second-order valence-electron chi connectivity index (χ2n) is 4.63. The third kappa shape index (κ3) is 4.86. The highest BCUT2D eigenvalue weighted by atomic mass is 35.5. The van der Waals surface area contributed by atoms with E-state index in [1.165, 1.54) is 30.0 Å². The molecule has 0 aliphatic carbocycles. The van der Waals surface area contributed by atoms with Gasteiger partial charge in [-0.2, -0.15) is 8.42 Å². The Morgan fingerprint density at radius 1 is 1.11 bits per heavy atom. The largest absolute Gasteiger partial charge is 0.296 e. The first-order valence-electron chi connectivity index (χ1n) is 6.79. The zero-order chi connectivity index (χ0) is 19.6. The number of carbonyl (C=O) groups is 1. The fourth-order valence-corrected chi connectivity index (χ4v) is 5.49. The molecule has 2 heterocycles. The number of hydrogen-bond donors (Lipinski definition) is 2. The first kappa shape index (κ1) is 20.2. The van der Waals surface area contributed by atoms with Crippen molar-refractivity contribution in [3.63, 3.8) is 0 Å². The van der Waals surface area contributed by atoms with Crippen LogP contribution in [0.1, 0.15) is 10.4 Å². The monoisotopic (exact) mass is 482 g/mol. The summed E-state index contributed by atoms with van der Waals surface area (Å²) in [6.45, 7) is 0. The number of thioether (sulfide) groups is 1. The first-order valence-corrected chi connectivity index (χ1v) is 11.9. The number of nitrogens with zero attached hydrogens (tertiary/aromatic N) is 4. The summed E-state index contributed by atoms with van der Waals surface area (Å²) in [6.07, 6.45) is 1.80. The number of anilines is 2. The molecule has 0 bridgehead atoms. The summed E-state index contributed by atoms with van der Waals surface area (Å²) in [5.74, 6) is -0.571. The van der Waals surface area contributed by atoms with Crippen molar-refractivity contribution in [2.45, 2.75) is 8.68 Å². The van der Waals surface area contributed by atoms with Gasteiger partial charge in [0.05, 0.1) is 10.6 Å². The van der Waals surface area contributed by atoms with Crippen molar-refractivity contribution in [1.29, 1.82) is 0 Å². The maximum Gasteiger partial charge on any atom is 0.293 e. The second-order valence-corrected chi connectivity index (χ2v) is 10.3. The molecule has 2 aromatic heterocycles. The molecule has 142 valence electrons. The van der Waals surface area contributed by atoms with Crippen LogP contribution in [0.3, 0.4) is 0 Å². The normalized spacial score (nSPS) is 11.4. The summed E-state index contributed by atoms with van der Waals surface area (Å²) >= 11 is 14.9. The summed E-state index contributed by atoms with van der Waals surface area (Å²) in [6, 6.07) is 4.37. The van der Waals surface area contributed by atoms with Crippen molar-refractivity contribution in [1.82, 2.24) is 20.4 Å². The van der Waals surface area contributed by atoms with Gasteiger partial charge in [0.1, 0.15) is 0 Å². The highest BCUT2D eigenvalue weighted by molar-refractivity contribution is 8.00. The number of aromatic nitrogens is 4. The number of benzene rings is 1. The van der Waals surface area contributed by atoms with Gasteiger partial charge in [-0.15, -0.1) is 20.4 Å². The first-order chi connectivity index (χ1) is 12.8. The van der Waals surface area contributed by atoms with Crippen LogP contribution in [0.25, 0.3) is 0 Å². The van der Waals surface area contributed by atoms with Gasteiger partial charge >= 0.3 is 0 Å². The molecule has 0 saturated heterocycles. The van der Waals surface area contributed by atoms with Crippen molar-refractivity contribution < 1.29 is 13.2 Å². The SMILES string of the molecule is CSc1nnc(NS(=O)(=O)c2nnc(NC(=O)c3ccc(Cl)cc3Cl)s2)s1. The average Bonchev–Trinajstić information content (AvgIpc) is 3.24. The Morgan fingerprint density at radius 3 is 2.52 bits per heavy atom. The average molecular weight is 483 g/mol. The number of rotatable bonds is 6. The van der Waals surface area contributed by atoms with Gasteiger partial charge in [-0.3, -0.25) is 14.8 Å². The van der Waals surface area contributed by atoms with Gasteiger partial charge in [0.2, 0.25) is 10.3 Å². The molecule has 0 unspecified atom stereocenters. The van der Waals surface area contributed by atoms with Crippen molar-refractivity contribution in [2.24, 2.45) is 0 Å². The molecule has 3 aromatic rings. The van der Waals surface area contributed by atoms with Gasteiger partial charge in [-0.05, 0) is 24.5 Å². The zero-order valence-electron chi connectivity index (χ0n) is 13.1. The summed E-state index contributed by atoms with van der Waals surface area (Å²) in [4.78, 5) is 12.2. The fraction of sp³-hybridized carbons (Fsp3) is 0.0833. The van der Waals surface area contributed by atoms with E-state index in [4.69, 9.17) is 23.2 Å². The van der Waals surface area contributed by atoms with E-state index >= 15 is 0 Å². The Bertz CT molecular complexity index is 1100. The van der Waals surface area contributed by atoms with Gasteiger partial charge in [-0.25, -0.2) is 0 Å². The van der Waals surface area contributed by atoms with Crippen LogP contribution in [-0.4, -0.2) is 41.0 Å². The Labute approximate surface area is 175 Å². The third-order valence-corrected chi connectivity index (χ3v) is 7.87. The van der Waals surface area contributed by atoms with Crippen LogP contribution in [0.5, 0.6) is 0 Å². The molecule has 2 N–H and O–H groups in total. The van der Waals surface area contributed by atoms with E-state index < -0.39 is 15.9 Å². The predicted octanol–water partition coefficient (Wildman–Crippen LogP) is 3.47. The van der Waals surface area contributed by atoms with Crippen LogP contribution in [0.2, 0.25) is 10.0 Å². The summed E-state index contributed by atoms with van der Waals surface area (Å²) < 4.78 is 27.2. The Balaban J connectivity index is 1.74. The van der Waals surface area contributed by atoms with Crippen molar-refractivity contribution >= 4 is 83.8 Å². The molecule has 3 rings (SSSR count). The lowest BCUT2D eigenvalue weighted by Gasteiger charge is -2.03. The highest BCUT2D eigenvalue weighted by Gasteiger charge is 2.23. The zero-order valence-corrected chi connectivity index (χ0v) is 17.9. The molecule has 0 aliphatic heterocycles. The minimum atomic E-state index is -4.00. The van der Waals surface area contributed by atoms with Crippen LogP contribution in [0, 0.1) is 0 Å². The molecule has 0 radical (unpaired) electrons. The highest BCUT2D eigenvalue weighted by Crippen LogP contribution is 2.28. The van der Waals surface area contributed by atoms with E-state index in [2.05, 4.69) is 30.4 Å². The maximum atomic E-state index is 12.3. The van der Waals surface area contributed by atoms with E-state index in [9.17, 15) is 13.2 Å². The third-order valence-electron chi connectivity index (χ3n) is 2.84. The number of sulfonamides is 1. The van der Waals surface area contributed by atoms with Crippen LogP contribution in [-0.2, 0) is 10.0 Å². The van der Waals surface area contributed by atoms with Gasteiger partial charge in [0.15, 0.2) is 4.34 Å². The molecule has 0 spiro atoms. The second kappa shape index (κ2) is 8.24. The fourth-order valence-electron chi connectivity index (χ4n) is 1.70. The van der Waals surface area contributed by atoms with E-state index in [0.29, 0.717) is 20.7 Å². The molecule has 9 nitrogen and oxygen atoms in total. The Morgan fingerprint density at radius 2 is 1.85 bits per heavy atom. The quantitative estimate of drug-likeness (QED) is 0.403. The predicted molar refractivity (Wildman–Crippen MR) is 107 cm³/mol. The number of amides is 1. The number of nitrogens with one attached hydrogen (secondary N) is 2. The lowest BCUT2D eigenvalue weighted by atomic mass is 10.2. The smallest absolute Gasteiger partial charge is 0.293 e. The standard InChI is InChI=1S/C12H8Cl2N6O3S4/c1-24-11-18-17-10(25-11)20-27(22,23)12-19-16-9(26-12)15-8(21)6-3-2-5(13)4-7(6)14/h2-4H,1H3,(H,17,20)(H,15,16,21). The minimum absolute atomic E-state index is 0.00606. The number of hydrogen-bond acceptors (Lipinski definition) is 10. The molecule has 15 heteroatoms. The van der Waals surface area contributed by atoms with Gasteiger partial charge in [-0.1, -0.05) is 57.6 Å². The van der Waals surface area contributed by atoms with Crippen LogP contribution in [0.15, 0.2) is 26.9 Å². The molecule has 0 atom stereocenters. The Kier molecular flexibility index (Phi) is 6.18. The van der Waals surface area contributed by atoms with Crippen molar-refractivity contribution in [3.8, 4) is 0 Å². The molecule has 0 aliphatic rings. The van der Waals surface area contributed by atoms with Gasteiger partial charge in [0, 0.05) is 5.02 Å². The number of carbonyl (C=O) groups excluding carboxylic acids is 1. The van der Waals surface area contributed by atoms with Gasteiger partial charge < -0.3 is 0 Å². The molecule has 0 saturated carbocycles. The van der Waals surface area contributed by atoms with E-state index in [1.54, 1.807) is 6.26 Å². The maximum absolute atomic E-state index is 12.3.